The van der Waals surface area contributed by atoms with Gasteiger partial charge in [-0.05, 0) is 44.2 Å². The van der Waals surface area contributed by atoms with Crippen LogP contribution in [0.2, 0.25) is 0 Å². The van der Waals surface area contributed by atoms with E-state index >= 15 is 0 Å². The first-order chi connectivity index (χ1) is 10.6. The van der Waals surface area contributed by atoms with Crippen LogP contribution in [0.15, 0.2) is 48.8 Å². The Morgan fingerprint density at radius 3 is 2.59 bits per heavy atom. The van der Waals surface area contributed by atoms with Crippen LogP contribution in [-0.4, -0.2) is 15.0 Å². The number of nitrogens with zero attached hydrogens (tertiary/aromatic N) is 3. The minimum Gasteiger partial charge on any atom is -0.455 e. The summed E-state index contributed by atoms with van der Waals surface area (Å²) in [5.74, 6) is 1.85. The SMILES string of the molecule is Cc1ccc(-c2cc(Oc3ccc(N)nc3C)ccn2)cn1. The minimum absolute atomic E-state index is 0.478. The van der Waals surface area contributed by atoms with Crippen molar-refractivity contribution < 1.29 is 4.74 Å². The van der Waals surface area contributed by atoms with Crippen LogP contribution in [0, 0.1) is 13.8 Å². The summed E-state index contributed by atoms with van der Waals surface area (Å²) in [6, 6.07) is 11.2. The molecule has 0 amide bonds. The lowest BCUT2D eigenvalue weighted by Crippen LogP contribution is -1.95. The Morgan fingerprint density at radius 1 is 1.00 bits per heavy atom. The number of hydrogen-bond acceptors (Lipinski definition) is 5. The van der Waals surface area contributed by atoms with Gasteiger partial charge >= 0.3 is 0 Å². The Balaban J connectivity index is 1.89. The molecule has 0 spiro atoms. The van der Waals surface area contributed by atoms with Gasteiger partial charge in [0.1, 0.15) is 17.3 Å². The number of anilines is 1. The number of ether oxygens (including phenoxy) is 1. The van der Waals surface area contributed by atoms with Crippen molar-refractivity contribution in [3.05, 3.63) is 60.2 Å². The van der Waals surface area contributed by atoms with E-state index in [0.29, 0.717) is 17.3 Å². The molecule has 5 heteroatoms. The number of aromatic nitrogens is 3. The summed E-state index contributed by atoms with van der Waals surface area (Å²) in [5.41, 5.74) is 9.13. The first kappa shape index (κ1) is 14.0. The predicted molar refractivity (Wildman–Crippen MR) is 85.7 cm³/mol. The highest BCUT2D eigenvalue weighted by Crippen LogP contribution is 2.27. The van der Waals surface area contributed by atoms with Crippen molar-refractivity contribution in [1.82, 2.24) is 15.0 Å². The summed E-state index contributed by atoms with van der Waals surface area (Å²) in [6.07, 6.45) is 3.52. The summed E-state index contributed by atoms with van der Waals surface area (Å²) in [6.45, 7) is 3.81. The van der Waals surface area contributed by atoms with E-state index in [1.807, 2.05) is 38.1 Å². The summed E-state index contributed by atoms with van der Waals surface area (Å²) in [4.78, 5) is 12.8. The van der Waals surface area contributed by atoms with Crippen molar-refractivity contribution in [2.24, 2.45) is 0 Å². The van der Waals surface area contributed by atoms with Crippen LogP contribution in [0.1, 0.15) is 11.4 Å². The Morgan fingerprint density at radius 2 is 1.86 bits per heavy atom. The maximum Gasteiger partial charge on any atom is 0.148 e. The van der Waals surface area contributed by atoms with E-state index in [2.05, 4.69) is 15.0 Å². The fourth-order valence-corrected chi connectivity index (χ4v) is 2.05. The van der Waals surface area contributed by atoms with Gasteiger partial charge in [0.2, 0.25) is 0 Å². The van der Waals surface area contributed by atoms with E-state index in [1.54, 1.807) is 24.5 Å². The van der Waals surface area contributed by atoms with Crippen LogP contribution >= 0.6 is 0 Å². The second kappa shape index (κ2) is 5.81. The van der Waals surface area contributed by atoms with Gasteiger partial charge in [0.15, 0.2) is 0 Å². The molecule has 2 N–H and O–H groups in total. The molecule has 22 heavy (non-hydrogen) atoms. The van der Waals surface area contributed by atoms with Crippen LogP contribution in [0.25, 0.3) is 11.3 Å². The molecule has 3 aromatic heterocycles. The Bertz CT molecular complexity index is 800. The lowest BCUT2D eigenvalue weighted by Gasteiger charge is -2.09. The number of nitrogen functional groups attached to an aromatic ring is 1. The van der Waals surface area contributed by atoms with Crippen LogP contribution in [0.4, 0.5) is 5.82 Å². The molecule has 110 valence electrons. The molecule has 0 radical (unpaired) electrons. The number of nitrogens with two attached hydrogens (primary N) is 1. The molecule has 0 aromatic carbocycles. The van der Waals surface area contributed by atoms with Crippen molar-refractivity contribution >= 4 is 5.82 Å². The van der Waals surface area contributed by atoms with Crippen LogP contribution < -0.4 is 10.5 Å². The van der Waals surface area contributed by atoms with E-state index in [0.717, 1.165) is 22.6 Å². The zero-order valence-electron chi connectivity index (χ0n) is 12.4. The molecule has 0 aliphatic rings. The minimum atomic E-state index is 0.478. The van der Waals surface area contributed by atoms with Crippen molar-refractivity contribution in [3.8, 4) is 22.8 Å². The average Bonchev–Trinajstić information content (AvgIpc) is 2.51. The number of pyridine rings is 3. The van der Waals surface area contributed by atoms with E-state index in [-0.39, 0.29) is 0 Å². The third kappa shape index (κ3) is 3.03. The second-order valence-electron chi connectivity index (χ2n) is 4.99. The molecule has 0 unspecified atom stereocenters. The standard InChI is InChI=1S/C17H16N4O/c1-11-3-4-13(10-20-11)15-9-14(7-8-19-15)22-16-5-6-17(18)21-12(16)2/h3-10H,1-2H3,(H2,18,21). The first-order valence-corrected chi connectivity index (χ1v) is 6.92. The lowest BCUT2D eigenvalue weighted by molar-refractivity contribution is 0.475. The van der Waals surface area contributed by atoms with Gasteiger partial charge in [-0.25, -0.2) is 4.98 Å². The normalized spacial score (nSPS) is 10.5. The Labute approximate surface area is 128 Å². The molecule has 0 atom stereocenters. The second-order valence-corrected chi connectivity index (χ2v) is 4.99. The highest BCUT2D eigenvalue weighted by molar-refractivity contribution is 5.59. The van der Waals surface area contributed by atoms with E-state index in [4.69, 9.17) is 10.5 Å². The van der Waals surface area contributed by atoms with E-state index in [1.165, 1.54) is 0 Å². The molecule has 3 heterocycles. The molecule has 3 aromatic rings. The molecule has 0 saturated carbocycles. The van der Waals surface area contributed by atoms with Gasteiger partial charge in [-0.3, -0.25) is 9.97 Å². The van der Waals surface area contributed by atoms with E-state index in [9.17, 15) is 0 Å². The lowest BCUT2D eigenvalue weighted by atomic mass is 10.2. The van der Waals surface area contributed by atoms with Crippen molar-refractivity contribution in [2.45, 2.75) is 13.8 Å². The molecule has 0 bridgehead atoms. The third-order valence-corrected chi connectivity index (χ3v) is 3.23. The van der Waals surface area contributed by atoms with Crippen LogP contribution in [0.3, 0.4) is 0 Å². The maximum absolute atomic E-state index is 5.87. The average molecular weight is 292 g/mol. The number of rotatable bonds is 3. The topological polar surface area (TPSA) is 73.9 Å². The molecule has 3 rings (SSSR count). The summed E-state index contributed by atoms with van der Waals surface area (Å²) < 4.78 is 5.87. The summed E-state index contributed by atoms with van der Waals surface area (Å²) in [7, 11) is 0. The molecule has 0 aliphatic heterocycles. The summed E-state index contributed by atoms with van der Waals surface area (Å²) >= 11 is 0. The fraction of sp³-hybridized carbons (Fsp3) is 0.118. The molecule has 0 saturated heterocycles. The molecule has 0 fully saturated rings. The maximum atomic E-state index is 5.87. The van der Waals surface area contributed by atoms with Gasteiger partial charge < -0.3 is 10.5 Å². The Hall–Kier alpha value is -2.95. The van der Waals surface area contributed by atoms with Gasteiger partial charge in [-0.1, -0.05) is 0 Å². The smallest absolute Gasteiger partial charge is 0.148 e. The predicted octanol–water partition coefficient (Wildman–Crippen LogP) is 3.53. The molecule has 5 nitrogen and oxygen atoms in total. The first-order valence-electron chi connectivity index (χ1n) is 6.92. The molecule has 0 aliphatic carbocycles. The Kier molecular flexibility index (Phi) is 3.70. The van der Waals surface area contributed by atoms with Gasteiger partial charge in [-0.2, -0.15) is 0 Å². The van der Waals surface area contributed by atoms with Gasteiger partial charge in [0.25, 0.3) is 0 Å². The number of aryl methyl sites for hydroxylation is 2. The van der Waals surface area contributed by atoms with Gasteiger partial charge in [0.05, 0.1) is 11.4 Å². The third-order valence-electron chi connectivity index (χ3n) is 3.23. The zero-order valence-corrected chi connectivity index (χ0v) is 12.4. The van der Waals surface area contributed by atoms with Crippen molar-refractivity contribution in [1.29, 1.82) is 0 Å². The monoisotopic (exact) mass is 292 g/mol. The number of hydrogen-bond donors (Lipinski definition) is 1. The zero-order chi connectivity index (χ0) is 15.5. The van der Waals surface area contributed by atoms with Crippen LogP contribution in [0.5, 0.6) is 11.5 Å². The van der Waals surface area contributed by atoms with Gasteiger partial charge in [0, 0.05) is 29.7 Å². The molecular formula is C17H16N4O. The van der Waals surface area contributed by atoms with E-state index < -0.39 is 0 Å². The highest BCUT2D eigenvalue weighted by atomic mass is 16.5. The van der Waals surface area contributed by atoms with Crippen LogP contribution in [-0.2, 0) is 0 Å². The van der Waals surface area contributed by atoms with Crippen molar-refractivity contribution in [2.75, 3.05) is 5.73 Å². The summed E-state index contributed by atoms with van der Waals surface area (Å²) in [5, 5.41) is 0. The largest absolute Gasteiger partial charge is 0.455 e. The van der Waals surface area contributed by atoms with Gasteiger partial charge in [-0.15, -0.1) is 0 Å². The van der Waals surface area contributed by atoms with Crippen molar-refractivity contribution in [3.63, 3.8) is 0 Å². The molecular weight excluding hydrogens is 276 g/mol. The quantitative estimate of drug-likeness (QED) is 0.799. The fourth-order valence-electron chi connectivity index (χ4n) is 2.05. The highest BCUT2D eigenvalue weighted by Gasteiger charge is 2.06.